The van der Waals surface area contributed by atoms with E-state index >= 15 is 0 Å². The molecule has 1 rings (SSSR count). The second kappa shape index (κ2) is 4.36. The van der Waals surface area contributed by atoms with Crippen molar-refractivity contribution in [2.75, 3.05) is 11.5 Å². The number of allylic oxidation sites excluding steroid dienone is 2. The van der Waals surface area contributed by atoms with Crippen LogP contribution in [-0.2, 0) is 0 Å². The number of benzene rings is 1. The van der Waals surface area contributed by atoms with Gasteiger partial charge in [-0.1, -0.05) is 30.4 Å². The van der Waals surface area contributed by atoms with Crippen LogP contribution >= 0.6 is 0 Å². The van der Waals surface area contributed by atoms with Crippen LogP contribution in [0.1, 0.15) is 12.0 Å². The molecule has 4 N–H and O–H groups in total. The fourth-order valence-electron chi connectivity index (χ4n) is 1.04. The Labute approximate surface area is 78.6 Å². The molecule has 0 atom stereocenters. The highest BCUT2D eigenvalue weighted by molar-refractivity contribution is 5.75. The number of hydrogen-bond donors (Lipinski definition) is 2. The Morgan fingerprint density at radius 2 is 2.08 bits per heavy atom. The van der Waals surface area contributed by atoms with Crippen LogP contribution in [0.25, 0.3) is 6.08 Å². The van der Waals surface area contributed by atoms with E-state index in [9.17, 15) is 0 Å². The first kappa shape index (κ1) is 9.39. The maximum Gasteiger partial charge on any atom is 0.0621 e. The third kappa shape index (κ3) is 2.37. The molecule has 13 heavy (non-hydrogen) atoms. The molecule has 0 aliphatic carbocycles. The minimum atomic E-state index is 0.626. The third-order valence-electron chi connectivity index (χ3n) is 1.77. The van der Waals surface area contributed by atoms with Gasteiger partial charge in [0, 0.05) is 0 Å². The molecule has 1 aromatic rings. The number of nitrogen functional groups attached to an aromatic ring is 2. The SMILES string of the molecule is C=CCC=Cc1cccc(N)c1N. The maximum absolute atomic E-state index is 5.76. The van der Waals surface area contributed by atoms with Crippen LogP contribution in [0.3, 0.4) is 0 Å². The Hall–Kier alpha value is -1.70. The highest BCUT2D eigenvalue weighted by Gasteiger charge is 1.96. The number of hydrogen-bond acceptors (Lipinski definition) is 2. The van der Waals surface area contributed by atoms with E-state index in [0.29, 0.717) is 11.4 Å². The molecule has 0 unspecified atom stereocenters. The zero-order valence-electron chi connectivity index (χ0n) is 7.53. The van der Waals surface area contributed by atoms with Gasteiger partial charge in [-0.05, 0) is 18.1 Å². The van der Waals surface area contributed by atoms with E-state index in [1.54, 1.807) is 6.07 Å². The fourth-order valence-corrected chi connectivity index (χ4v) is 1.04. The van der Waals surface area contributed by atoms with Crippen LogP contribution < -0.4 is 11.5 Å². The molecule has 0 bridgehead atoms. The van der Waals surface area contributed by atoms with Crippen LogP contribution in [0.2, 0.25) is 0 Å². The van der Waals surface area contributed by atoms with Gasteiger partial charge in [-0.3, -0.25) is 0 Å². The minimum absolute atomic E-state index is 0.626. The van der Waals surface area contributed by atoms with E-state index in [-0.39, 0.29) is 0 Å². The molecule has 0 aliphatic heterocycles. The predicted octanol–water partition coefficient (Wildman–Crippen LogP) is 2.44. The van der Waals surface area contributed by atoms with E-state index in [1.165, 1.54) is 0 Å². The van der Waals surface area contributed by atoms with Gasteiger partial charge in [0.05, 0.1) is 11.4 Å². The van der Waals surface area contributed by atoms with Crippen molar-refractivity contribution in [1.82, 2.24) is 0 Å². The van der Waals surface area contributed by atoms with Crippen molar-refractivity contribution >= 4 is 17.5 Å². The first-order chi connectivity index (χ1) is 6.25. The molecular weight excluding hydrogens is 160 g/mol. The van der Waals surface area contributed by atoms with Gasteiger partial charge in [-0.25, -0.2) is 0 Å². The number of anilines is 2. The second-order valence-electron chi connectivity index (χ2n) is 2.78. The van der Waals surface area contributed by atoms with Crippen molar-refractivity contribution in [3.63, 3.8) is 0 Å². The molecule has 0 amide bonds. The summed E-state index contributed by atoms with van der Waals surface area (Å²) in [5.41, 5.74) is 13.6. The van der Waals surface area contributed by atoms with E-state index in [4.69, 9.17) is 11.5 Å². The predicted molar refractivity (Wildman–Crippen MR) is 59.1 cm³/mol. The van der Waals surface area contributed by atoms with Gasteiger partial charge in [0.15, 0.2) is 0 Å². The Balaban J connectivity index is 2.88. The summed E-state index contributed by atoms with van der Waals surface area (Å²) in [5, 5.41) is 0. The van der Waals surface area contributed by atoms with Gasteiger partial charge in [0.1, 0.15) is 0 Å². The number of nitrogens with two attached hydrogens (primary N) is 2. The zero-order chi connectivity index (χ0) is 9.68. The topological polar surface area (TPSA) is 52.0 Å². The first-order valence-corrected chi connectivity index (χ1v) is 4.17. The van der Waals surface area contributed by atoms with E-state index in [2.05, 4.69) is 6.58 Å². The lowest BCUT2D eigenvalue weighted by Gasteiger charge is -2.02. The van der Waals surface area contributed by atoms with Crippen LogP contribution in [0.15, 0.2) is 36.9 Å². The van der Waals surface area contributed by atoms with Gasteiger partial charge in [-0.2, -0.15) is 0 Å². The average molecular weight is 174 g/mol. The van der Waals surface area contributed by atoms with Gasteiger partial charge in [0.2, 0.25) is 0 Å². The van der Waals surface area contributed by atoms with Crippen LogP contribution in [0.5, 0.6) is 0 Å². The van der Waals surface area contributed by atoms with Gasteiger partial charge < -0.3 is 11.5 Å². The molecule has 2 heteroatoms. The maximum atomic E-state index is 5.76. The van der Waals surface area contributed by atoms with Crippen LogP contribution in [0, 0.1) is 0 Å². The lowest BCUT2D eigenvalue weighted by atomic mass is 10.1. The van der Waals surface area contributed by atoms with Crippen LogP contribution in [-0.4, -0.2) is 0 Å². The average Bonchev–Trinajstić information content (AvgIpc) is 2.13. The monoisotopic (exact) mass is 174 g/mol. The molecule has 0 heterocycles. The van der Waals surface area contributed by atoms with E-state index < -0.39 is 0 Å². The normalized spacial score (nSPS) is 10.5. The molecule has 0 aliphatic rings. The van der Waals surface area contributed by atoms with Crippen LogP contribution in [0.4, 0.5) is 11.4 Å². The lowest BCUT2D eigenvalue weighted by Crippen LogP contribution is -1.96. The number of rotatable bonds is 3. The van der Waals surface area contributed by atoms with E-state index in [0.717, 1.165) is 12.0 Å². The summed E-state index contributed by atoms with van der Waals surface area (Å²) < 4.78 is 0. The summed E-state index contributed by atoms with van der Waals surface area (Å²) in [6, 6.07) is 5.62. The van der Waals surface area contributed by atoms with Gasteiger partial charge in [0.25, 0.3) is 0 Å². The first-order valence-electron chi connectivity index (χ1n) is 4.17. The Morgan fingerprint density at radius 3 is 2.77 bits per heavy atom. The molecule has 0 saturated carbocycles. The standard InChI is InChI=1S/C11H14N2/c1-2-3-4-6-9-7-5-8-10(12)11(9)13/h2,4-8H,1,3,12-13H2. The smallest absolute Gasteiger partial charge is 0.0621 e. The highest BCUT2D eigenvalue weighted by atomic mass is 14.7. The van der Waals surface area contributed by atoms with E-state index in [1.807, 2.05) is 30.4 Å². The molecule has 1 aromatic carbocycles. The molecule has 0 radical (unpaired) electrons. The minimum Gasteiger partial charge on any atom is -0.397 e. The summed E-state index contributed by atoms with van der Waals surface area (Å²) in [5.74, 6) is 0. The molecule has 2 nitrogen and oxygen atoms in total. The summed E-state index contributed by atoms with van der Waals surface area (Å²) in [4.78, 5) is 0. The Bertz CT molecular complexity index is 327. The number of para-hydroxylation sites is 1. The molecular formula is C11H14N2. The highest BCUT2D eigenvalue weighted by Crippen LogP contribution is 2.20. The van der Waals surface area contributed by atoms with Crippen molar-refractivity contribution < 1.29 is 0 Å². The van der Waals surface area contributed by atoms with Gasteiger partial charge >= 0.3 is 0 Å². The second-order valence-corrected chi connectivity index (χ2v) is 2.78. The Kier molecular flexibility index (Phi) is 3.15. The molecule has 0 spiro atoms. The summed E-state index contributed by atoms with van der Waals surface area (Å²) in [6.45, 7) is 3.62. The quantitative estimate of drug-likeness (QED) is 0.546. The largest absolute Gasteiger partial charge is 0.397 e. The van der Waals surface area contributed by atoms with Crippen molar-refractivity contribution in [3.8, 4) is 0 Å². The molecule has 0 aromatic heterocycles. The Morgan fingerprint density at radius 1 is 1.31 bits per heavy atom. The van der Waals surface area contributed by atoms with Crippen molar-refractivity contribution in [3.05, 3.63) is 42.5 Å². The molecule has 0 saturated heterocycles. The molecule has 68 valence electrons. The van der Waals surface area contributed by atoms with Gasteiger partial charge in [-0.15, -0.1) is 6.58 Å². The molecule has 0 fully saturated rings. The zero-order valence-corrected chi connectivity index (χ0v) is 7.53. The van der Waals surface area contributed by atoms with Crippen molar-refractivity contribution in [2.45, 2.75) is 6.42 Å². The summed E-state index contributed by atoms with van der Waals surface area (Å²) in [7, 11) is 0. The summed E-state index contributed by atoms with van der Waals surface area (Å²) in [6.07, 6.45) is 6.62. The summed E-state index contributed by atoms with van der Waals surface area (Å²) >= 11 is 0. The van der Waals surface area contributed by atoms with Crippen molar-refractivity contribution in [2.24, 2.45) is 0 Å². The third-order valence-corrected chi connectivity index (χ3v) is 1.77. The fraction of sp³-hybridized carbons (Fsp3) is 0.0909. The lowest BCUT2D eigenvalue weighted by molar-refractivity contribution is 1.42. The van der Waals surface area contributed by atoms with Crippen molar-refractivity contribution in [1.29, 1.82) is 0 Å².